The Balaban J connectivity index is 1.57. The van der Waals surface area contributed by atoms with Crippen LogP contribution in [0.25, 0.3) is 0 Å². The molecule has 1 aromatic heterocycles. The van der Waals surface area contributed by atoms with Gasteiger partial charge in [-0.05, 0) is 23.0 Å². The van der Waals surface area contributed by atoms with Gasteiger partial charge in [0.05, 0.1) is 11.8 Å². The van der Waals surface area contributed by atoms with Crippen LogP contribution in [0.2, 0.25) is 0 Å². The number of allylic oxidation sites excluding steroid dienone is 4. The number of aromatic nitrogens is 1. The summed E-state index contributed by atoms with van der Waals surface area (Å²) in [6.07, 6.45) is 10.3. The first-order valence-corrected chi connectivity index (χ1v) is 9.86. The minimum Gasteiger partial charge on any atom is -0.274 e. The Morgan fingerprint density at radius 3 is 1.92 bits per heavy atom. The molecule has 1 saturated carbocycles. The number of amides is 2. The fourth-order valence-corrected chi connectivity index (χ4v) is 6.39. The standard InChI is InChI=1S/C21H16N2O2S/c24-19-17-15-11-5-1-2-6-12(11)16(14-8-4-3-7-13(14)15)18(17)20(25)23(19)21-22-9-10-26-21/h1-12,15-18H/t11-,12+,15-,16-,17-,18-/m0/s1. The molecule has 4 nitrogen and oxygen atoms in total. The fraction of sp³-hybridized carbons (Fsp3) is 0.286. The summed E-state index contributed by atoms with van der Waals surface area (Å²) in [6, 6.07) is 8.39. The highest BCUT2D eigenvalue weighted by atomic mass is 32.1. The van der Waals surface area contributed by atoms with Crippen molar-refractivity contribution in [2.24, 2.45) is 23.7 Å². The highest BCUT2D eigenvalue weighted by molar-refractivity contribution is 7.14. The highest BCUT2D eigenvalue weighted by Gasteiger charge is 2.65. The van der Waals surface area contributed by atoms with E-state index in [9.17, 15) is 9.59 Å². The maximum absolute atomic E-state index is 13.4. The largest absolute Gasteiger partial charge is 0.274 e. The van der Waals surface area contributed by atoms with Crippen LogP contribution in [0.4, 0.5) is 5.13 Å². The zero-order valence-electron chi connectivity index (χ0n) is 13.9. The van der Waals surface area contributed by atoms with Crippen molar-refractivity contribution in [1.82, 2.24) is 4.98 Å². The molecule has 0 spiro atoms. The van der Waals surface area contributed by atoms with Gasteiger partial charge in [0.2, 0.25) is 11.8 Å². The molecule has 2 fully saturated rings. The van der Waals surface area contributed by atoms with E-state index in [0.29, 0.717) is 5.13 Å². The van der Waals surface area contributed by atoms with E-state index in [-0.39, 0.29) is 47.3 Å². The van der Waals surface area contributed by atoms with Gasteiger partial charge in [0.1, 0.15) is 0 Å². The van der Waals surface area contributed by atoms with Crippen molar-refractivity contribution in [2.45, 2.75) is 11.8 Å². The van der Waals surface area contributed by atoms with Gasteiger partial charge in [0, 0.05) is 23.4 Å². The first-order chi connectivity index (χ1) is 12.8. The van der Waals surface area contributed by atoms with Gasteiger partial charge in [-0.3, -0.25) is 9.59 Å². The topological polar surface area (TPSA) is 50.3 Å². The van der Waals surface area contributed by atoms with Gasteiger partial charge in [-0.2, -0.15) is 0 Å². The lowest BCUT2D eigenvalue weighted by Gasteiger charge is -2.53. The third kappa shape index (κ3) is 1.62. The van der Waals surface area contributed by atoms with E-state index < -0.39 is 0 Å². The first kappa shape index (κ1) is 14.6. The molecule has 0 N–H and O–H groups in total. The summed E-state index contributed by atoms with van der Waals surface area (Å²) in [5, 5.41) is 2.32. The predicted octanol–water partition coefficient (Wildman–Crippen LogP) is 3.50. The van der Waals surface area contributed by atoms with Crippen molar-refractivity contribution in [1.29, 1.82) is 0 Å². The summed E-state index contributed by atoms with van der Waals surface area (Å²) in [4.78, 5) is 32.3. The third-order valence-corrected chi connectivity index (χ3v) is 7.30. The predicted molar refractivity (Wildman–Crippen MR) is 98.8 cm³/mol. The quantitative estimate of drug-likeness (QED) is 0.732. The molecular weight excluding hydrogens is 344 g/mol. The Morgan fingerprint density at radius 1 is 0.846 bits per heavy atom. The van der Waals surface area contributed by atoms with Gasteiger partial charge < -0.3 is 0 Å². The second-order valence-corrected chi connectivity index (χ2v) is 8.36. The van der Waals surface area contributed by atoms with E-state index in [2.05, 4.69) is 41.4 Å². The molecule has 2 amide bonds. The molecule has 128 valence electrons. The van der Waals surface area contributed by atoms with Crippen molar-refractivity contribution in [3.8, 4) is 0 Å². The Labute approximate surface area is 154 Å². The smallest absolute Gasteiger partial charge is 0.240 e. The SMILES string of the molecule is O=C1[C@@H]2[C@@H](C(=O)N1c1nccs1)[C@@H]1c3ccccc3[C@@H]2[C@@H]2C=CC=C[C@@H]21. The number of rotatable bonds is 1. The lowest BCUT2D eigenvalue weighted by Crippen LogP contribution is -2.49. The number of hydrogen-bond donors (Lipinski definition) is 0. The van der Waals surface area contributed by atoms with Gasteiger partial charge in [0.15, 0.2) is 5.13 Å². The molecule has 6 atom stereocenters. The number of carbonyl (C=O) groups is 2. The molecule has 5 heteroatoms. The van der Waals surface area contributed by atoms with Crippen LogP contribution < -0.4 is 4.90 Å². The van der Waals surface area contributed by atoms with Gasteiger partial charge >= 0.3 is 0 Å². The van der Waals surface area contributed by atoms with Crippen LogP contribution in [0, 0.1) is 23.7 Å². The summed E-state index contributed by atoms with van der Waals surface area (Å²) < 4.78 is 0. The van der Waals surface area contributed by atoms with Crippen LogP contribution in [0.15, 0.2) is 60.1 Å². The number of hydrogen-bond acceptors (Lipinski definition) is 4. The van der Waals surface area contributed by atoms with E-state index in [1.807, 2.05) is 17.5 Å². The number of benzene rings is 1. The van der Waals surface area contributed by atoms with E-state index in [1.165, 1.54) is 27.4 Å². The molecule has 2 heterocycles. The summed E-state index contributed by atoms with van der Waals surface area (Å²) in [6.45, 7) is 0. The van der Waals surface area contributed by atoms with E-state index in [1.54, 1.807) is 6.20 Å². The molecule has 26 heavy (non-hydrogen) atoms. The van der Waals surface area contributed by atoms with Crippen molar-refractivity contribution in [2.75, 3.05) is 4.90 Å². The Morgan fingerprint density at radius 2 is 1.42 bits per heavy atom. The van der Waals surface area contributed by atoms with Gasteiger partial charge in [-0.25, -0.2) is 9.88 Å². The monoisotopic (exact) mass is 360 g/mol. The van der Waals surface area contributed by atoms with Crippen LogP contribution in [-0.2, 0) is 9.59 Å². The Hall–Kier alpha value is -2.53. The average molecular weight is 360 g/mol. The maximum Gasteiger partial charge on any atom is 0.240 e. The number of anilines is 1. The number of carbonyl (C=O) groups excluding carboxylic acids is 2. The molecule has 2 bridgehead atoms. The maximum atomic E-state index is 13.4. The van der Waals surface area contributed by atoms with E-state index in [0.717, 1.165) is 0 Å². The molecule has 4 aliphatic carbocycles. The van der Waals surface area contributed by atoms with Crippen LogP contribution in [0.3, 0.4) is 0 Å². The molecule has 5 aliphatic rings. The highest BCUT2D eigenvalue weighted by Crippen LogP contribution is 2.64. The van der Waals surface area contributed by atoms with Crippen molar-refractivity contribution < 1.29 is 9.59 Å². The van der Waals surface area contributed by atoms with Gasteiger partial charge in [-0.1, -0.05) is 48.6 Å². The Kier molecular flexibility index (Phi) is 2.82. The van der Waals surface area contributed by atoms with Crippen molar-refractivity contribution in [3.05, 3.63) is 71.3 Å². The first-order valence-electron chi connectivity index (χ1n) is 8.98. The van der Waals surface area contributed by atoms with Crippen molar-refractivity contribution in [3.63, 3.8) is 0 Å². The number of imide groups is 1. The van der Waals surface area contributed by atoms with Gasteiger partial charge in [-0.15, -0.1) is 11.3 Å². The fourth-order valence-electron chi connectivity index (χ4n) is 5.74. The molecule has 1 aromatic carbocycles. The van der Waals surface area contributed by atoms with Crippen molar-refractivity contribution >= 4 is 28.3 Å². The lowest BCUT2D eigenvalue weighted by molar-refractivity contribution is -0.125. The lowest BCUT2D eigenvalue weighted by atomic mass is 9.48. The van der Waals surface area contributed by atoms with Gasteiger partial charge in [0.25, 0.3) is 0 Å². The second-order valence-electron chi connectivity index (χ2n) is 7.48. The molecule has 2 aromatic rings. The third-order valence-electron chi connectivity index (χ3n) is 6.55. The molecule has 0 radical (unpaired) electrons. The van der Waals surface area contributed by atoms with Crippen LogP contribution in [0.5, 0.6) is 0 Å². The van der Waals surface area contributed by atoms with Crippen LogP contribution >= 0.6 is 11.3 Å². The Bertz CT molecular complexity index is 930. The number of nitrogens with zero attached hydrogens (tertiary/aromatic N) is 2. The van der Waals surface area contributed by atoms with E-state index >= 15 is 0 Å². The summed E-state index contributed by atoms with van der Waals surface area (Å²) in [7, 11) is 0. The minimum absolute atomic E-state index is 0.0637. The van der Waals surface area contributed by atoms with E-state index in [4.69, 9.17) is 0 Å². The average Bonchev–Trinajstić information content (AvgIpc) is 3.29. The number of thiazole rings is 1. The zero-order valence-corrected chi connectivity index (χ0v) is 14.7. The molecule has 1 aliphatic heterocycles. The normalized spacial score (nSPS) is 36.2. The summed E-state index contributed by atoms with van der Waals surface area (Å²) >= 11 is 1.35. The minimum atomic E-state index is -0.274. The van der Waals surface area contributed by atoms with Crippen LogP contribution in [0.1, 0.15) is 23.0 Å². The summed E-state index contributed by atoms with van der Waals surface area (Å²) in [5.41, 5.74) is 2.50. The molecular formula is C21H16N2O2S. The molecule has 1 saturated heterocycles. The zero-order chi connectivity index (χ0) is 17.4. The summed E-state index contributed by atoms with van der Waals surface area (Å²) in [5.74, 6) is 0.0139. The van der Waals surface area contributed by atoms with Crippen LogP contribution in [-0.4, -0.2) is 16.8 Å². The molecule has 0 unspecified atom stereocenters. The second kappa shape index (κ2) is 5.01. The molecule has 7 rings (SSSR count).